The third-order valence-electron chi connectivity index (χ3n) is 4.23. The van der Waals surface area contributed by atoms with Crippen LogP contribution in [0.4, 0.5) is 10.5 Å². The fourth-order valence-electron chi connectivity index (χ4n) is 2.72. The molecule has 0 aromatic heterocycles. The molecular formula is C17H29N3O. The van der Waals surface area contributed by atoms with Crippen LogP contribution < -0.4 is 11.1 Å². The van der Waals surface area contributed by atoms with Gasteiger partial charge in [-0.15, -0.1) is 0 Å². The van der Waals surface area contributed by atoms with E-state index in [2.05, 4.69) is 26.1 Å². The molecule has 0 saturated carbocycles. The summed E-state index contributed by atoms with van der Waals surface area (Å²) in [6, 6.07) is 7.80. The Hall–Kier alpha value is -1.55. The highest BCUT2D eigenvalue weighted by Crippen LogP contribution is 2.24. The lowest BCUT2D eigenvalue weighted by Gasteiger charge is -2.42. The first-order valence-corrected chi connectivity index (χ1v) is 7.88. The molecule has 0 fully saturated rings. The number of amides is 2. The van der Waals surface area contributed by atoms with Gasteiger partial charge in [-0.1, -0.05) is 32.9 Å². The number of benzene rings is 1. The summed E-state index contributed by atoms with van der Waals surface area (Å²) in [6.07, 6.45) is 2.64. The highest BCUT2D eigenvalue weighted by atomic mass is 16.2. The minimum atomic E-state index is -0.260. The Bertz CT molecular complexity index is 447. The molecule has 0 heterocycles. The Morgan fingerprint density at radius 2 is 1.95 bits per heavy atom. The van der Waals surface area contributed by atoms with Gasteiger partial charge in [-0.05, 0) is 43.9 Å². The number of rotatable bonds is 7. The van der Waals surface area contributed by atoms with Crippen LogP contribution in [0.5, 0.6) is 0 Å². The van der Waals surface area contributed by atoms with Crippen molar-refractivity contribution in [3.05, 3.63) is 29.8 Å². The SMILES string of the molecule is CCCN(C(=O)Nc1cccc(C)c1)C(CC)(CC)CN. The number of urea groups is 1. The van der Waals surface area contributed by atoms with Crippen molar-refractivity contribution in [1.29, 1.82) is 0 Å². The smallest absolute Gasteiger partial charge is 0.322 e. The van der Waals surface area contributed by atoms with Crippen LogP contribution in [0.2, 0.25) is 0 Å². The quantitative estimate of drug-likeness (QED) is 0.803. The average Bonchev–Trinajstić information content (AvgIpc) is 2.48. The Morgan fingerprint density at radius 1 is 1.29 bits per heavy atom. The van der Waals surface area contributed by atoms with E-state index >= 15 is 0 Å². The average molecular weight is 291 g/mol. The number of carbonyl (C=O) groups excluding carboxylic acids is 1. The molecule has 1 rings (SSSR count). The number of nitrogens with one attached hydrogen (secondary N) is 1. The van der Waals surface area contributed by atoms with Gasteiger partial charge < -0.3 is 16.0 Å². The largest absolute Gasteiger partial charge is 0.328 e. The van der Waals surface area contributed by atoms with E-state index in [1.165, 1.54) is 0 Å². The van der Waals surface area contributed by atoms with E-state index in [1.54, 1.807) is 0 Å². The van der Waals surface area contributed by atoms with Crippen LogP contribution >= 0.6 is 0 Å². The van der Waals surface area contributed by atoms with Gasteiger partial charge in [-0.3, -0.25) is 0 Å². The third-order valence-corrected chi connectivity index (χ3v) is 4.23. The molecule has 0 unspecified atom stereocenters. The highest BCUT2D eigenvalue weighted by Gasteiger charge is 2.35. The Balaban J connectivity index is 2.96. The Labute approximate surface area is 128 Å². The number of nitrogens with zero attached hydrogens (tertiary/aromatic N) is 1. The second kappa shape index (κ2) is 8.03. The maximum Gasteiger partial charge on any atom is 0.322 e. The molecule has 3 N–H and O–H groups in total. The summed E-state index contributed by atoms with van der Waals surface area (Å²) in [5, 5.41) is 3.01. The molecular weight excluding hydrogens is 262 g/mol. The van der Waals surface area contributed by atoms with Gasteiger partial charge in [0.2, 0.25) is 0 Å². The first kappa shape index (κ1) is 17.5. The normalized spacial score (nSPS) is 11.3. The van der Waals surface area contributed by atoms with E-state index in [4.69, 9.17) is 5.73 Å². The number of hydrogen-bond acceptors (Lipinski definition) is 2. The monoisotopic (exact) mass is 291 g/mol. The number of anilines is 1. The maximum absolute atomic E-state index is 12.7. The maximum atomic E-state index is 12.7. The molecule has 4 heteroatoms. The minimum Gasteiger partial charge on any atom is -0.328 e. The molecule has 21 heavy (non-hydrogen) atoms. The fraction of sp³-hybridized carbons (Fsp3) is 0.588. The molecule has 118 valence electrons. The topological polar surface area (TPSA) is 58.4 Å². The van der Waals surface area contributed by atoms with Crippen molar-refractivity contribution in [3.63, 3.8) is 0 Å². The van der Waals surface area contributed by atoms with Gasteiger partial charge in [-0.2, -0.15) is 0 Å². The number of hydrogen-bond donors (Lipinski definition) is 2. The zero-order chi connectivity index (χ0) is 15.9. The summed E-state index contributed by atoms with van der Waals surface area (Å²) in [6.45, 7) is 9.50. The second-order valence-corrected chi connectivity index (χ2v) is 5.59. The third kappa shape index (κ3) is 4.21. The van der Waals surface area contributed by atoms with Gasteiger partial charge in [0.25, 0.3) is 0 Å². The molecule has 4 nitrogen and oxygen atoms in total. The molecule has 0 radical (unpaired) electrons. The molecule has 1 aromatic rings. The molecule has 0 aliphatic rings. The van der Waals surface area contributed by atoms with Gasteiger partial charge in [0, 0.05) is 18.8 Å². The molecule has 0 saturated heterocycles. The molecule has 2 amide bonds. The van der Waals surface area contributed by atoms with E-state index in [9.17, 15) is 4.79 Å². The van der Waals surface area contributed by atoms with Crippen LogP contribution in [0.1, 0.15) is 45.6 Å². The van der Waals surface area contributed by atoms with Crippen LogP contribution in [-0.2, 0) is 0 Å². The van der Waals surface area contributed by atoms with E-state index in [0.717, 1.165) is 37.1 Å². The summed E-state index contributed by atoms with van der Waals surface area (Å²) in [5.74, 6) is 0. The predicted octanol–water partition coefficient (Wildman–Crippen LogP) is 3.76. The van der Waals surface area contributed by atoms with Crippen LogP contribution in [-0.4, -0.2) is 29.6 Å². The zero-order valence-electron chi connectivity index (χ0n) is 13.8. The van der Waals surface area contributed by atoms with E-state index in [1.807, 2.05) is 36.1 Å². The summed E-state index contributed by atoms with van der Waals surface area (Å²) in [7, 11) is 0. The summed E-state index contributed by atoms with van der Waals surface area (Å²) in [4.78, 5) is 14.6. The number of nitrogens with two attached hydrogens (primary N) is 1. The van der Waals surface area contributed by atoms with Crippen molar-refractivity contribution in [2.24, 2.45) is 5.73 Å². The van der Waals surface area contributed by atoms with Crippen molar-refractivity contribution in [2.75, 3.05) is 18.4 Å². The number of carbonyl (C=O) groups is 1. The van der Waals surface area contributed by atoms with Gasteiger partial charge in [0.05, 0.1) is 5.54 Å². The second-order valence-electron chi connectivity index (χ2n) is 5.59. The van der Waals surface area contributed by atoms with Crippen LogP contribution in [0.3, 0.4) is 0 Å². The van der Waals surface area contributed by atoms with Crippen molar-refractivity contribution >= 4 is 11.7 Å². The number of aryl methyl sites for hydroxylation is 1. The van der Waals surface area contributed by atoms with Gasteiger partial charge in [-0.25, -0.2) is 4.79 Å². The molecule has 0 atom stereocenters. The van der Waals surface area contributed by atoms with Crippen LogP contribution in [0, 0.1) is 6.92 Å². The van der Waals surface area contributed by atoms with Crippen molar-refractivity contribution < 1.29 is 4.79 Å². The Morgan fingerprint density at radius 3 is 2.43 bits per heavy atom. The first-order valence-electron chi connectivity index (χ1n) is 7.88. The Kier molecular flexibility index (Phi) is 6.69. The molecule has 0 aliphatic heterocycles. The fourth-order valence-corrected chi connectivity index (χ4v) is 2.72. The lowest BCUT2D eigenvalue weighted by molar-refractivity contribution is 0.118. The van der Waals surface area contributed by atoms with E-state index in [0.29, 0.717) is 6.54 Å². The predicted molar refractivity (Wildman–Crippen MR) is 89.6 cm³/mol. The van der Waals surface area contributed by atoms with Gasteiger partial charge in [0.1, 0.15) is 0 Å². The summed E-state index contributed by atoms with van der Waals surface area (Å²) in [5.41, 5.74) is 7.70. The lowest BCUT2D eigenvalue weighted by Crippen LogP contribution is -2.57. The highest BCUT2D eigenvalue weighted by molar-refractivity contribution is 5.90. The van der Waals surface area contributed by atoms with E-state index < -0.39 is 0 Å². The van der Waals surface area contributed by atoms with Crippen LogP contribution in [0.25, 0.3) is 0 Å². The molecule has 0 spiro atoms. The van der Waals surface area contributed by atoms with Gasteiger partial charge in [0.15, 0.2) is 0 Å². The minimum absolute atomic E-state index is 0.0587. The summed E-state index contributed by atoms with van der Waals surface area (Å²) >= 11 is 0. The van der Waals surface area contributed by atoms with Crippen molar-refractivity contribution in [1.82, 2.24) is 4.90 Å². The molecule has 0 aliphatic carbocycles. The zero-order valence-corrected chi connectivity index (χ0v) is 13.8. The van der Waals surface area contributed by atoms with Crippen molar-refractivity contribution in [2.45, 2.75) is 52.5 Å². The molecule has 1 aromatic carbocycles. The first-order chi connectivity index (χ1) is 10.0. The standard InChI is InChI=1S/C17H29N3O/c1-5-11-20(17(6-2,7-3)13-18)16(21)19-15-10-8-9-14(4)12-15/h8-10,12H,5-7,11,13,18H2,1-4H3,(H,19,21). The lowest BCUT2D eigenvalue weighted by atomic mass is 9.90. The molecule has 0 bridgehead atoms. The van der Waals surface area contributed by atoms with E-state index in [-0.39, 0.29) is 11.6 Å². The summed E-state index contributed by atoms with van der Waals surface area (Å²) < 4.78 is 0. The van der Waals surface area contributed by atoms with Crippen LogP contribution in [0.15, 0.2) is 24.3 Å². The van der Waals surface area contributed by atoms with Crippen molar-refractivity contribution in [3.8, 4) is 0 Å². The van der Waals surface area contributed by atoms with Gasteiger partial charge >= 0.3 is 6.03 Å².